The van der Waals surface area contributed by atoms with E-state index >= 15 is 0 Å². The minimum absolute atomic E-state index is 0.214. The van der Waals surface area contributed by atoms with Crippen LogP contribution in [0.3, 0.4) is 0 Å². The fraction of sp³-hybridized carbons (Fsp3) is 0.400. The molecular formula is C20H24FN3O. The van der Waals surface area contributed by atoms with Crippen LogP contribution in [0.2, 0.25) is 0 Å². The van der Waals surface area contributed by atoms with Crippen LogP contribution in [-0.4, -0.2) is 28.4 Å². The number of pyridine rings is 1. The molecule has 1 aliphatic heterocycles. The van der Waals surface area contributed by atoms with Crippen molar-refractivity contribution in [2.45, 2.75) is 45.3 Å². The number of carbonyl (C=O) groups excluding carboxylic acids is 1. The molecule has 1 aromatic heterocycles. The Bertz CT molecular complexity index is 717. The minimum atomic E-state index is -0.214. The van der Waals surface area contributed by atoms with Crippen molar-refractivity contribution in [1.29, 1.82) is 0 Å². The summed E-state index contributed by atoms with van der Waals surface area (Å²) in [7, 11) is 0. The number of aromatic nitrogens is 1. The predicted molar refractivity (Wildman–Crippen MR) is 95.3 cm³/mol. The summed E-state index contributed by atoms with van der Waals surface area (Å²) in [6, 6.07) is 12.7. The highest BCUT2D eigenvalue weighted by Crippen LogP contribution is 2.23. The number of halogens is 1. The van der Waals surface area contributed by atoms with Gasteiger partial charge in [0.2, 0.25) is 5.91 Å². The van der Waals surface area contributed by atoms with Gasteiger partial charge in [0.05, 0.1) is 12.2 Å². The lowest BCUT2D eigenvalue weighted by Gasteiger charge is -2.25. The number of aryl methyl sites for hydroxylation is 1. The van der Waals surface area contributed by atoms with Crippen LogP contribution in [0, 0.1) is 12.7 Å². The maximum Gasteiger partial charge on any atom is 0.223 e. The van der Waals surface area contributed by atoms with E-state index in [2.05, 4.69) is 10.3 Å². The van der Waals surface area contributed by atoms with Crippen molar-refractivity contribution in [3.8, 4) is 0 Å². The summed E-state index contributed by atoms with van der Waals surface area (Å²) in [5, 5.41) is 3.38. The van der Waals surface area contributed by atoms with Gasteiger partial charge in [-0.25, -0.2) is 4.39 Å². The Kier molecular flexibility index (Phi) is 5.76. The Labute approximate surface area is 148 Å². The van der Waals surface area contributed by atoms with Crippen molar-refractivity contribution in [3.63, 3.8) is 0 Å². The number of likely N-dealkylation sites (tertiary alicyclic amines) is 1. The molecule has 3 rings (SSSR count). The van der Waals surface area contributed by atoms with Gasteiger partial charge in [-0.3, -0.25) is 9.78 Å². The molecule has 0 unspecified atom stereocenters. The normalized spacial score (nSPS) is 17.3. The second-order valence-corrected chi connectivity index (χ2v) is 6.58. The van der Waals surface area contributed by atoms with Gasteiger partial charge in [-0.2, -0.15) is 0 Å². The summed E-state index contributed by atoms with van der Waals surface area (Å²) in [6.45, 7) is 4.09. The van der Waals surface area contributed by atoms with Crippen LogP contribution in [0.4, 0.5) is 4.39 Å². The van der Waals surface area contributed by atoms with Crippen LogP contribution in [0.25, 0.3) is 0 Å². The molecule has 1 saturated heterocycles. The largest absolute Gasteiger partial charge is 0.334 e. The molecule has 1 aromatic carbocycles. The SMILES string of the molecule is Cc1cccc(CN2C(=O)CC[C@@H]2CCNCc2ccc(F)cc2)n1. The van der Waals surface area contributed by atoms with Crippen molar-refractivity contribution in [2.75, 3.05) is 6.54 Å². The van der Waals surface area contributed by atoms with E-state index in [0.717, 1.165) is 36.3 Å². The van der Waals surface area contributed by atoms with Crippen LogP contribution < -0.4 is 5.32 Å². The molecule has 0 saturated carbocycles. The summed E-state index contributed by atoms with van der Waals surface area (Å²) in [4.78, 5) is 18.7. The summed E-state index contributed by atoms with van der Waals surface area (Å²) < 4.78 is 12.9. The summed E-state index contributed by atoms with van der Waals surface area (Å²) in [5.74, 6) is 0.000425. The number of amides is 1. The molecular weight excluding hydrogens is 317 g/mol. The van der Waals surface area contributed by atoms with E-state index in [9.17, 15) is 9.18 Å². The molecule has 1 fully saturated rings. The van der Waals surface area contributed by atoms with Gasteiger partial charge in [0, 0.05) is 24.7 Å². The van der Waals surface area contributed by atoms with Crippen molar-refractivity contribution >= 4 is 5.91 Å². The molecule has 1 N–H and O–H groups in total. The van der Waals surface area contributed by atoms with Crippen molar-refractivity contribution in [2.24, 2.45) is 0 Å². The van der Waals surface area contributed by atoms with Gasteiger partial charge in [-0.05, 0) is 56.1 Å². The fourth-order valence-corrected chi connectivity index (χ4v) is 3.28. The van der Waals surface area contributed by atoms with Crippen LogP contribution in [-0.2, 0) is 17.9 Å². The van der Waals surface area contributed by atoms with E-state index in [4.69, 9.17) is 0 Å². The topological polar surface area (TPSA) is 45.2 Å². The van der Waals surface area contributed by atoms with Crippen LogP contribution in [0.15, 0.2) is 42.5 Å². The van der Waals surface area contributed by atoms with E-state index < -0.39 is 0 Å². The number of carbonyl (C=O) groups is 1. The first-order chi connectivity index (χ1) is 12.1. The van der Waals surface area contributed by atoms with Crippen molar-refractivity contribution in [3.05, 3.63) is 65.2 Å². The van der Waals surface area contributed by atoms with Crippen molar-refractivity contribution in [1.82, 2.24) is 15.2 Å². The Morgan fingerprint density at radius 1 is 1.24 bits per heavy atom. The van der Waals surface area contributed by atoms with E-state index in [-0.39, 0.29) is 17.8 Å². The first-order valence-electron chi connectivity index (χ1n) is 8.79. The fourth-order valence-electron chi connectivity index (χ4n) is 3.28. The number of rotatable bonds is 7. The highest BCUT2D eigenvalue weighted by Gasteiger charge is 2.30. The second kappa shape index (κ2) is 8.21. The summed E-state index contributed by atoms with van der Waals surface area (Å²) in [5.41, 5.74) is 2.98. The molecule has 0 bridgehead atoms. The van der Waals surface area contributed by atoms with E-state index in [1.54, 1.807) is 12.1 Å². The maximum absolute atomic E-state index is 12.9. The van der Waals surface area contributed by atoms with Crippen LogP contribution >= 0.6 is 0 Å². The number of benzene rings is 1. The summed E-state index contributed by atoms with van der Waals surface area (Å²) >= 11 is 0. The van der Waals surface area contributed by atoms with Gasteiger partial charge in [0.15, 0.2) is 0 Å². The highest BCUT2D eigenvalue weighted by atomic mass is 19.1. The molecule has 5 heteroatoms. The van der Waals surface area contributed by atoms with Gasteiger partial charge in [0.25, 0.3) is 0 Å². The monoisotopic (exact) mass is 341 g/mol. The first kappa shape index (κ1) is 17.5. The summed E-state index contributed by atoms with van der Waals surface area (Å²) in [6.07, 6.45) is 2.44. The third kappa shape index (κ3) is 4.86. The average molecular weight is 341 g/mol. The molecule has 2 heterocycles. The quantitative estimate of drug-likeness (QED) is 0.787. The Hall–Kier alpha value is -2.27. The molecule has 25 heavy (non-hydrogen) atoms. The van der Waals surface area contributed by atoms with E-state index in [1.807, 2.05) is 30.0 Å². The lowest BCUT2D eigenvalue weighted by molar-refractivity contribution is -0.129. The number of hydrogen-bond donors (Lipinski definition) is 1. The second-order valence-electron chi connectivity index (χ2n) is 6.58. The molecule has 0 spiro atoms. The maximum atomic E-state index is 12.9. The smallest absolute Gasteiger partial charge is 0.223 e. The molecule has 1 atom stereocenters. The zero-order valence-electron chi connectivity index (χ0n) is 14.5. The molecule has 1 aliphatic rings. The highest BCUT2D eigenvalue weighted by molar-refractivity contribution is 5.78. The molecule has 0 aliphatic carbocycles. The molecule has 2 aromatic rings. The number of nitrogens with one attached hydrogen (secondary N) is 1. The van der Waals surface area contributed by atoms with Gasteiger partial charge in [-0.1, -0.05) is 18.2 Å². The van der Waals surface area contributed by atoms with Crippen LogP contribution in [0.5, 0.6) is 0 Å². The third-order valence-corrected chi connectivity index (χ3v) is 4.63. The number of nitrogens with zero attached hydrogens (tertiary/aromatic N) is 2. The lowest BCUT2D eigenvalue weighted by atomic mass is 10.1. The van der Waals surface area contributed by atoms with Gasteiger partial charge < -0.3 is 10.2 Å². The predicted octanol–water partition coefficient (Wildman–Crippen LogP) is 3.20. The minimum Gasteiger partial charge on any atom is -0.334 e. The van der Waals surface area contributed by atoms with Gasteiger partial charge >= 0.3 is 0 Å². The Balaban J connectivity index is 1.49. The standard InChI is InChI=1S/C20H24FN3O/c1-15-3-2-4-18(23-15)14-24-19(9-10-20(24)25)11-12-22-13-16-5-7-17(21)8-6-16/h2-8,19,22H,9-14H2,1H3/t19-/m1/s1. The zero-order chi connectivity index (χ0) is 17.6. The molecule has 132 valence electrons. The number of hydrogen-bond acceptors (Lipinski definition) is 3. The van der Waals surface area contributed by atoms with Gasteiger partial charge in [0.1, 0.15) is 5.82 Å². The van der Waals surface area contributed by atoms with E-state index in [1.165, 1.54) is 12.1 Å². The van der Waals surface area contributed by atoms with Crippen LogP contribution in [0.1, 0.15) is 36.2 Å². The average Bonchev–Trinajstić information content (AvgIpc) is 2.94. The van der Waals surface area contributed by atoms with E-state index in [0.29, 0.717) is 19.5 Å². The Morgan fingerprint density at radius 3 is 2.80 bits per heavy atom. The third-order valence-electron chi connectivity index (χ3n) is 4.63. The zero-order valence-corrected chi connectivity index (χ0v) is 14.5. The first-order valence-corrected chi connectivity index (χ1v) is 8.79. The lowest BCUT2D eigenvalue weighted by Crippen LogP contribution is -2.35. The van der Waals surface area contributed by atoms with Gasteiger partial charge in [-0.15, -0.1) is 0 Å². The molecule has 1 amide bonds. The Morgan fingerprint density at radius 2 is 2.04 bits per heavy atom. The van der Waals surface area contributed by atoms with Crippen molar-refractivity contribution < 1.29 is 9.18 Å². The molecule has 0 radical (unpaired) electrons. The molecule has 4 nitrogen and oxygen atoms in total.